The summed E-state index contributed by atoms with van der Waals surface area (Å²) < 4.78 is 4.91. The van der Waals surface area contributed by atoms with E-state index in [-0.39, 0.29) is 0 Å². The number of hydrogen-bond acceptors (Lipinski definition) is 2. The second kappa shape index (κ2) is 5.78. The third-order valence-corrected chi connectivity index (χ3v) is 2.20. The van der Waals surface area contributed by atoms with Gasteiger partial charge in [-0.1, -0.05) is 37.6 Å². The predicted molar refractivity (Wildman–Crippen MR) is 57.3 cm³/mol. The first-order chi connectivity index (χ1) is 6.77. The van der Waals surface area contributed by atoms with Gasteiger partial charge in [-0.15, -0.1) is 0 Å². The molecule has 0 aliphatic carbocycles. The molecular weight excluding hydrogens is 176 g/mol. The van der Waals surface area contributed by atoms with Crippen LogP contribution in [0.3, 0.4) is 0 Å². The Morgan fingerprint density at radius 1 is 1.43 bits per heavy atom. The molecule has 78 valence electrons. The number of ether oxygens (including phenoxy) is 1. The molecule has 0 saturated heterocycles. The molecule has 0 heterocycles. The average Bonchev–Trinajstić information content (AvgIpc) is 2.19. The van der Waals surface area contributed by atoms with Crippen LogP contribution in [-0.2, 0) is 11.2 Å². The summed E-state index contributed by atoms with van der Waals surface area (Å²) >= 11 is 0. The molecule has 0 aliphatic rings. The fourth-order valence-corrected chi connectivity index (χ4v) is 1.50. The predicted octanol–water partition coefficient (Wildman–Crippen LogP) is 2.32. The van der Waals surface area contributed by atoms with Gasteiger partial charge in [0.15, 0.2) is 0 Å². The van der Waals surface area contributed by atoms with Crippen LogP contribution in [0.25, 0.3) is 0 Å². The Labute approximate surface area is 85.5 Å². The summed E-state index contributed by atoms with van der Waals surface area (Å²) in [5, 5.41) is 9.69. The first-order valence-corrected chi connectivity index (χ1v) is 5.03. The van der Waals surface area contributed by atoms with Crippen molar-refractivity contribution in [1.29, 1.82) is 0 Å². The smallest absolute Gasteiger partial charge is 0.102 e. The van der Waals surface area contributed by atoms with E-state index in [4.69, 9.17) is 4.74 Å². The third-order valence-electron chi connectivity index (χ3n) is 2.20. The SMILES string of the molecule is CCCc1cccc(C(O)COC)c1. The van der Waals surface area contributed by atoms with Crippen molar-refractivity contribution in [3.05, 3.63) is 35.4 Å². The quantitative estimate of drug-likeness (QED) is 0.779. The van der Waals surface area contributed by atoms with Crippen LogP contribution in [0.4, 0.5) is 0 Å². The van der Waals surface area contributed by atoms with Crippen molar-refractivity contribution in [2.75, 3.05) is 13.7 Å². The average molecular weight is 194 g/mol. The maximum absolute atomic E-state index is 9.69. The zero-order valence-electron chi connectivity index (χ0n) is 8.86. The van der Waals surface area contributed by atoms with Crippen LogP contribution >= 0.6 is 0 Å². The number of benzene rings is 1. The lowest BCUT2D eigenvalue weighted by Crippen LogP contribution is -2.05. The van der Waals surface area contributed by atoms with Crippen molar-refractivity contribution in [3.63, 3.8) is 0 Å². The van der Waals surface area contributed by atoms with E-state index in [1.54, 1.807) is 7.11 Å². The van der Waals surface area contributed by atoms with Gasteiger partial charge in [-0.3, -0.25) is 0 Å². The van der Waals surface area contributed by atoms with E-state index < -0.39 is 6.10 Å². The summed E-state index contributed by atoms with van der Waals surface area (Å²) in [6, 6.07) is 8.06. The van der Waals surface area contributed by atoms with E-state index >= 15 is 0 Å². The standard InChI is InChI=1S/C12H18O2/c1-3-5-10-6-4-7-11(8-10)12(13)9-14-2/h4,6-8,12-13H,3,5,9H2,1-2H3. The first kappa shape index (κ1) is 11.2. The summed E-state index contributed by atoms with van der Waals surface area (Å²) in [6.07, 6.45) is 1.69. The van der Waals surface area contributed by atoms with Gasteiger partial charge in [0.05, 0.1) is 6.61 Å². The molecule has 1 N–H and O–H groups in total. The van der Waals surface area contributed by atoms with E-state index in [9.17, 15) is 5.11 Å². The lowest BCUT2D eigenvalue weighted by Gasteiger charge is -2.10. The van der Waals surface area contributed by atoms with Crippen LogP contribution in [0.15, 0.2) is 24.3 Å². The Morgan fingerprint density at radius 2 is 2.21 bits per heavy atom. The van der Waals surface area contributed by atoms with Gasteiger partial charge >= 0.3 is 0 Å². The molecule has 0 aromatic heterocycles. The van der Waals surface area contributed by atoms with Gasteiger partial charge in [0.2, 0.25) is 0 Å². The minimum Gasteiger partial charge on any atom is -0.386 e. The summed E-state index contributed by atoms with van der Waals surface area (Å²) in [4.78, 5) is 0. The lowest BCUT2D eigenvalue weighted by atomic mass is 10.0. The molecule has 0 bridgehead atoms. The molecule has 2 nitrogen and oxygen atoms in total. The molecule has 0 spiro atoms. The zero-order valence-corrected chi connectivity index (χ0v) is 8.86. The minimum atomic E-state index is -0.503. The summed E-state index contributed by atoms with van der Waals surface area (Å²) in [7, 11) is 1.60. The van der Waals surface area contributed by atoms with E-state index in [0.29, 0.717) is 6.61 Å². The Bertz CT molecular complexity index is 271. The fourth-order valence-electron chi connectivity index (χ4n) is 1.50. The molecule has 0 fully saturated rings. The molecule has 0 radical (unpaired) electrons. The highest BCUT2D eigenvalue weighted by molar-refractivity contribution is 5.25. The Kier molecular flexibility index (Phi) is 4.63. The van der Waals surface area contributed by atoms with Crippen molar-refractivity contribution < 1.29 is 9.84 Å². The molecule has 0 saturated carbocycles. The Balaban J connectivity index is 2.71. The number of hydrogen-bond donors (Lipinski definition) is 1. The molecule has 0 aliphatic heterocycles. The van der Waals surface area contributed by atoms with Crippen LogP contribution in [0.2, 0.25) is 0 Å². The van der Waals surface area contributed by atoms with Gasteiger partial charge in [-0.05, 0) is 17.5 Å². The fraction of sp³-hybridized carbons (Fsp3) is 0.500. The molecule has 0 amide bonds. The molecule has 2 heteroatoms. The molecule has 1 rings (SSSR count). The van der Waals surface area contributed by atoms with Gasteiger partial charge in [-0.25, -0.2) is 0 Å². The highest BCUT2D eigenvalue weighted by Crippen LogP contribution is 2.15. The number of rotatable bonds is 5. The van der Waals surface area contributed by atoms with E-state index in [1.807, 2.05) is 18.2 Å². The topological polar surface area (TPSA) is 29.5 Å². The number of aliphatic hydroxyl groups excluding tert-OH is 1. The van der Waals surface area contributed by atoms with Crippen LogP contribution in [0.5, 0.6) is 0 Å². The van der Waals surface area contributed by atoms with Crippen LogP contribution < -0.4 is 0 Å². The normalized spacial score (nSPS) is 12.8. The molecule has 1 atom stereocenters. The number of aliphatic hydroxyl groups is 1. The zero-order chi connectivity index (χ0) is 10.4. The van der Waals surface area contributed by atoms with Crippen molar-refractivity contribution in [3.8, 4) is 0 Å². The molecule has 1 unspecified atom stereocenters. The Hall–Kier alpha value is -0.860. The first-order valence-electron chi connectivity index (χ1n) is 5.03. The lowest BCUT2D eigenvalue weighted by molar-refractivity contribution is 0.0643. The van der Waals surface area contributed by atoms with Gasteiger partial charge in [-0.2, -0.15) is 0 Å². The third kappa shape index (κ3) is 3.13. The van der Waals surface area contributed by atoms with Gasteiger partial charge in [0.1, 0.15) is 6.10 Å². The number of aryl methyl sites for hydroxylation is 1. The molecule has 1 aromatic carbocycles. The van der Waals surface area contributed by atoms with Crippen molar-refractivity contribution >= 4 is 0 Å². The molecular formula is C12H18O2. The van der Waals surface area contributed by atoms with Crippen molar-refractivity contribution in [2.45, 2.75) is 25.9 Å². The second-order valence-corrected chi connectivity index (χ2v) is 3.47. The number of methoxy groups -OCH3 is 1. The van der Waals surface area contributed by atoms with E-state index in [1.165, 1.54) is 5.56 Å². The summed E-state index contributed by atoms with van der Waals surface area (Å²) in [5.74, 6) is 0. The molecule has 14 heavy (non-hydrogen) atoms. The second-order valence-electron chi connectivity index (χ2n) is 3.47. The summed E-state index contributed by atoms with van der Waals surface area (Å²) in [6.45, 7) is 2.51. The Morgan fingerprint density at radius 3 is 2.86 bits per heavy atom. The molecule has 1 aromatic rings. The van der Waals surface area contributed by atoms with Crippen molar-refractivity contribution in [1.82, 2.24) is 0 Å². The van der Waals surface area contributed by atoms with Gasteiger partial charge < -0.3 is 9.84 Å². The van der Waals surface area contributed by atoms with Crippen LogP contribution in [0.1, 0.15) is 30.6 Å². The maximum atomic E-state index is 9.69. The van der Waals surface area contributed by atoms with E-state index in [0.717, 1.165) is 18.4 Å². The van der Waals surface area contributed by atoms with Crippen molar-refractivity contribution in [2.24, 2.45) is 0 Å². The highest BCUT2D eigenvalue weighted by Gasteiger charge is 2.06. The largest absolute Gasteiger partial charge is 0.386 e. The van der Waals surface area contributed by atoms with Gasteiger partial charge in [0, 0.05) is 7.11 Å². The van der Waals surface area contributed by atoms with Gasteiger partial charge in [0.25, 0.3) is 0 Å². The van der Waals surface area contributed by atoms with Crippen LogP contribution in [-0.4, -0.2) is 18.8 Å². The monoisotopic (exact) mass is 194 g/mol. The maximum Gasteiger partial charge on any atom is 0.102 e. The van der Waals surface area contributed by atoms with Crippen LogP contribution in [0, 0.1) is 0 Å². The summed E-state index contributed by atoms with van der Waals surface area (Å²) in [5.41, 5.74) is 2.22. The minimum absolute atomic E-state index is 0.357. The van der Waals surface area contributed by atoms with E-state index in [2.05, 4.69) is 13.0 Å². The highest BCUT2D eigenvalue weighted by atomic mass is 16.5.